The predicted molar refractivity (Wildman–Crippen MR) is 145 cm³/mol. The highest BCUT2D eigenvalue weighted by molar-refractivity contribution is 6.51. The fraction of sp³-hybridized carbons (Fsp3) is 0.500. The van der Waals surface area contributed by atoms with E-state index in [-0.39, 0.29) is 54.2 Å². The maximum absolute atomic E-state index is 13.6. The average Bonchev–Trinajstić information content (AvgIpc) is 3.63. The number of piperidine rings is 1. The van der Waals surface area contributed by atoms with Crippen LogP contribution in [-0.2, 0) is 22.7 Å². The van der Waals surface area contributed by atoms with E-state index in [0.717, 1.165) is 6.42 Å². The molecule has 11 heteroatoms. The van der Waals surface area contributed by atoms with Crippen LogP contribution in [0.15, 0.2) is 36.7 Å². The van der Waals surface area contributed by atoms with Crippen molar-refractivity contribution in [1.29, 1.82) is 0 Å². The van der Waals surface area contributed by atoms with Gasteiger partial charge in [-0.25, -0.2) is 9.97 Å². The molecule has 2 aromatic heterocycles. The fourth-order valence-corrected chi connectivity index (χ4v) is 6.73. The zero-order chi connectivity index (χ0) is 27.5. The van der Waals surface area contributed by atoms with Gasteiger partial charge in [0, 0.05) is 37.2 Å². The first kappa shape index (κ1) is 26.2. The zero-order valence-electron chi connectivity index (χ0n) is 21.7. The van der Waals surface area contributed by atoms with Gasteiger partial charge in [0.05, 0.1) is 11.6 Å². The second-order valence-electron chi connectivity index (χ2n) is 10.9. The highest BCUT2D eigenvalue weighted by Gasteiger charge is 2.60. The minimum atomic E-state index is -0.747. The number of ether oxygens (including phenoxy) is 1. The van der Waals surface area contributed by atoms with Crippen LogP contribution < -0.4 is 4.74 Å². The molecule has 2 aliphatic carbocycles. The van der Waals surface area contributed by atoms with Crippen LogP contribution >= 0.6 is 23.2 Å². The number of alkyl halides is 2. The van der Waals surface area contributed by atoms with Gasteiger partial charge < -0.3 is 9.64 Å². The van der Waals surface area contributed by atoms with E-state index in [1.165, 1.54) is 6.92 Å². The maximum Gasteiger partial charge on any atom is 0.245 e. The SMILES string of the molecule is CC(=O)c1nn(CC(=O)N2[C@@H]3C[C@@H]3C[C@H]2C(=O)CCC2C(C)C2(Cl)Cl)c2ccc(OCc3ncccn3)cc12. The summed E-state index contributed by atoms with van der Waals surface area (Å²) < 4.78 is 6.63. The molecular weight excluding hydrogens is 541 g/mol. The number of carbonyl (C=O) groups excluding carboxylic acids is 3. The van der Waals surface area contributed by atoms with E-state index >= 15 is 0 Å². The highest BCUT2D eigenvalue weighted by Crippen LogP contribution is 2.61. The van der Waals surface area contributed by atoms with Crippen LogP contribution in [0.1, 0.15) is 55.8 Å². The van der Waals surface area contributed by atoms with Crippen LogP contribution in [0, 0.1) is 17.8 Å². The highest BCUT2D eigenvalue weighted by atomic mass is 35.5. The lowest BCUT2D eigenvalue weighted by molar-refractivity contribution is -0.139. The molecule has 1 aliphatic heterocycles. The number of rotatable bonds is 10. The molecule has 1 saturated heterocycles. The molecule has 2 unspecified atom stereocenters. The Labute approximate surface area is 235 Å². The van der Waals surface area contributed by atoms with Crippen LogP contribution in [0.3, 0.4) is 0 Å². The Morgan fingerprint density at radius 1 is 1.15 bits per heavy atom. The number of Topliss-reactive ketones (excluding diaryl/α,β-unsaturated/α-hetero) is 2. The number of aromatic nitrogens is 4. The fourth-order valence-electron chi connectivity index (χ4n) is 5.96. The summed E-state index contributed by atoms with van der Waals surface area (Å²) in [6, 6.07) is 6.70. The van der Waals surface area contributed by atoms with Gasteiger partial charge in [0.1, 0.15) is 28.9 Å². The monoisotopic (exact) mass is 569 g/mol. The summed E-state index contributed by atoms with van der Waals surface area (Å²) in [7, 11) is 0. The first-order valence-corrected chi connectivity index (χ1v) is 14.0. The Hall–Kier alpha value is -3.04. The summed E-state index contributed by atoms with van der Waals surface area (Å²) in [4.78, 5) is 49.2. The zero-order valence-corrected chi connectivity index (χ0v) is 23.2. The Balaban J connectivity index is 1.17. The first-order chi connectivity index (χ1) is 18.6. The number of fused-ring (bicyclic) bond motifs is 2. The van der Waals surface area contributed by atoms with Crippen LogP contribution in [-0.4, -0.2) is 58.5 Å². The molecule has 1 amide bonds. The normalized spacial score (nSPS) is 26.4. The molecule has 3 heterocycles. The average molecular weight is 570 g/mol. The smallest absolute Gasteiger partial charge is 0.245 e. The van der Waals surface area contributed by atoms with Crippen molar-refractivity contribution in [3.05, 3.63) is 48.2 Å². The number of likely N-dealkylation sites (tertiary alicyclic amines) is 1. The molecule has 0 radical (unpaired) electrons. The summed E-state index contributed by atoms with van der Waals surface area (Å²) in [5.41, 5.74) is 0.913. The van der Waals surface area contributed by atoms with Crippen molar-refractivity contribution in [2.75, 3.05) is 0 Å². The molecular formula is C28H29Cl2N5O4. The Morgan fingerprint density at radius 3 is 2.59 bits per heavy atom. The van der Waals surface area contributed by atoms with E-state index in [1.807, 2.05) is 6.92 Å². The van der Waals surface area contributed by atoms with Crippen molar-refractivity contribution in [2.24, 2.45) is 17.8 Å². The number of hydrogen-bond donors (Lipinski definition) is 0. The van der Waals surface area contributed by atoms with Gasteiger partial charge in [-0.3, -0.25) is 19.1 Å². The first-order valence-electron chi connectivity index (χ1n) is 13.3. The van der Waals surface area contributed by atoms with Crippen molar-refractivity contribution in [3.63, 3.8) is 0 Å². The van der Waals surface area contributed by atoms with Gasteiger partial charge in [-0.2, -0.15) is 5.10 Å². The van der Waals surface area contributed by atoms with E-state index < -0.39 is 10.4 Å². The summed E-state index contributed by atoms with van der Waals surface area (Å²) in [6.07, 6.45) is 5.90. The van der Waals surface area contributed by atoms with Crippen LogP contribution in [0.4, 0.5) is 0 Å². The predicted octanol–water partition coefficient (Wildman–Crippen LogP) is 4.39. The van der Waals surface area contributed by atoms with E-state index in [1.54, 1.807) is 46.2 Å². The Bertz CT molecular complexity index is 1460. The molecule has 0 spiro atoms. The van der Waals surface area contributed by atoms with Crippen LogP contribution in [0.5, 0.6) is 5.75 Å². The van der Waals surface area contributed by atoms with Gasteiger partial charge in [-0.05, 0) is 61.3 Å². The lowest BCUT2D eigenvalue weighted by atomic mass is 10.0. The van der Waals surface area contributed by atoms with Gasteiger partial charge in [0.15, 0.2) is 17.4 Å². The molecule has 3 fully saturated rings. The van der Waals surface area contributed by atoms with Crippen LogP contribution in [0.25, 0.3) is 10.9 Å². The molecule has 39 heavy (non-hydrogen) atoms. The minimum Gasteiger partial charge on any atom is -0.486 e. The topological polar surface area (TPSA) is 107 Å². The maximum atomic E-state index is 13.6. The van der Waals surface area contributed by atoms with Crippen molar-refractivity contribution in [2.45, 2.75) is 69.1 Å². The third kappa shape index (κ3) is 4.91. The van der Waals surface area contributed by atoms with Crippen molar-refractivity contribution in [3.8, 4) is 5.75 Å². The molecule has 2 saturated carbocycles. The van der Waals surface area contributed by atoms with E-state index in [0.29, 0.717) is 47.7 Å². The van der Waals surface area contributed by atoms with E-state index in [4.69, 9.17) is 27.9 Å². The van der Waals surface area contributed by atoms with Crippen LogP contribution in [0.2, 0.25) is 0 Å². The molecule has 5 atom stereocenters. The van der Waals surface area contributed by atoms with Crippen molar-refractivity contribution < 1.29 is 19.1 Å². The largest absolute Gasteiger partial charge is 0.486 e. The number of nitrogens with zero attached hydrogens (tertiary/aromatic N) is 5. The number of carbonyl (C=O) groups is 3. The molecule has 3 aromatic rings. The van der Waals surface area contributed by atoms with E-state index in [2.05, 4.69) is 15.1 Å². The van der Waals surface area contributed by atoms with Gasteiger partial charge in [0.2, 0.25) is 5.91 Å². The van der Waals surface area contributed by atoms with Gasteiger partial charge in [-0.1, -0.05) is 6.92 Å². The number of ketones is 2. The minimum absolute atomic E-state index is 0.0546. The third-order valence-corrected chi connectivity index (χ3v) is 9.64. The molecule has 0 N–H and O–H groups in total. The second kappa shape index (κ2) is 9.86. The molecule has 0 bridgehead atoms. The number of hydrogen-bond acceptors (Lipinski definition) is 7. The molecule has 6 rings (SSSR count). The molecule has 3 aliphatic rings. The lowest BCUT2D eigenvalue weighted by Crippen LogP contribution is -2.44. The quantitative estimate of drug-likeness (QED) is 0.263. The van der Waals surface area contributed by atoms with E-state index in [9.17, 15) is 14.4 Å². The van der Waals surface area contributed by atoms with Gasteiger partial charge in [-0.15, -0.1) is 23.2 Å². The summed E-state index contributed by atoms with van der Waals surface area (Å²) in [5.74, 6) is 1.42. The third-order valence-electron chi connectivity index (χ3n) is 8.39. The molecule has 204 valence electrons. The van der Waals surface area contributed by atoms with Crippen molar-refractivity contribution in [1.82, 2.24) is 24.6 Å². The van der Waals surface area contributed by atoms with Crippen molar-refractivity contribution >= 4 is 51.6 Å². The molecule has 9 nitrogen and oxygen atoms in total. The summed E-state index contributed by atoms with van der Waals surface area (Å²) >= 11 is 12.5. The van der Waals surface area contributed by atoms with Gasteiger partial charge in [0.25, 0.3) is 0 Å². The lowest BCUT2D eigenvalue weighted by Gasteiger charge is -2.27. The summed E-state index contributed by atoms with van der Waals surface area (Å²) in [5, 5.41) is 5.09. The Kier molecular flexibility index (Phi) is 6.62. The summed E-state index contributed by atoms with van der Waals surface area (Å²) in [6.45, 7) is 3.56. The molecule has 1 aromatic carbocycles. The standard InChI is InChI=1S/C28H29Cl2N5O4/c1-15-20(28(15,29)30)5-7-24(37)23-11-17-10-22(17)35(23)26(38)13-34-21-6-4-18(12-19(21)27(33-34)16(2)36)39-14-25-31-8-3-9-32-25/h3-4,6,8-9,12,15,17,20,22-23H,5,7,10-11,13-14H2,1-2H3/t15?,17-,20?,22-,23+/m1/s1. The number of amides is 1. The number of halogens is 2. The Morgan fingerprint density at radius 2 is 1.90 bits per heavy atom. The van der Waals surface area contributed by atoms with Gasteiger partial charge >= 0.3 is 0 Å². The number of benzene rings is 1. The second-order valence-corrected chi connectivity index (χ2v) is 12.3.